The van der Waals surface area contributed by atoms with E-state index in [1.54, 1.807) is 0 Å². The molecular formula is C28H57NO8P+. The highest BCUT2D eigenvalue weighted by atomic mass is 31.2. The molecule has 0 bridgehead atoms. The minimum Gasteiger partial charge on any atom is -0.462 e. The highest BCUT2D eigenvalue weighted by Crippen LogP contribution is 2.43. The van der Waals surface area contributed by atoms with Crippen molar-refractivity contribution in [3.05, 3.63) is 0 Å². The van der Waals surface area contributed by atoms with Crippen LogP contribution in [0, 0.1) is 0 Å². The third kappa shape index (κ3) is 25.3. The molecule has 0 amide bonds. The maximum atomic E-state index is 12.3. The van der Waals surface area contributed by atoms with Crippen molar-refractivity contribution in [3.8, 4) is 0 Å². The van der Waals surface area contributed by atoms with Crippen LogP contribution in [0.15, 0.2) is 0 Å². The monoisotopic (exact) mass is 566 g/mol. The Kier molecular flexibility index (Phi) is 22.2. The van der Waals surface area contributed by atoms with Gasteiger partial charge in [0.1, 0.15) is 19.8 Å². The molecule has 0 aliphatic carbocycles. The van der Waals surface area contributed by atoms with Gasteiger partial charge in [0.15, 0.2) is 6.10 Å². The Morgan fingerprint density at radius 1 is 0.711 bits per heavy atom. The number of nitrogens with zero attached hydrogens (tertiary/aromatic N) is 1. The van der Waals surface area contributed by atoms with Crippen molar-refractivity contribution in [1.82, 2.24) is 0 Å². The van der Waals surface area contributed by atoms with E-state index in [1.165, 1.54) is 38.5 Å². The third-order valence-electron chi connectivity index (χ3n) is 6.14. The number of rotatable bonds is 26. The number of quaternary nitrogens is 1. The molecule has 1 N–H and O–H groups in total. The van der Waals surface area contributed by atoms with E-state index in [4.69, 9.17) is 18.5 Å². The summed E-state index contributed by atoms with van der Waals surface area (Å²) >= 11 is 0. The first-order chi connectivity index (χ1) is 18.0. The molecular weight excluding hydrogens is 509 g/mol. The predicted octanol–water partition coefficient (Wildman–Crippen LogP) is 6.56. The van der Waals surface area contributed by atoms with E-state index in [0.29, 0.717) is 23.9 Å². The zero-order chi connectivity index (χ0) is 28.7. The zero-order valence-electron chi connectivity index (χ0n) is 24.9. The van der Waals surface area contributed by atoms with Crippen LogP contribution in [0.3, 0.4) is 0 Å². The van der Waals surface area contributed by atoms with Gasteiger partial charge in [-0.15, -0.1) is 0 Å². The Bertz CT molecular complexity index is 653. The van der Waals surface area contributed by atoms with Gasteiger partial charge in [0.05, 0.1) is 27.7 Å². The number of esters is 2. The first-order valence-electron chi connectivity index (χ1n) is 14.8. The molecule has 0 aliphatic heterocycles. The van der Waals surface area contributed by atoms with Crippen LogP contribution in [0.4, 0.5) is 0 Å². The fourth-order valence-electron chi connectivity index (χ4n) is 3.72. The topological polar surface area (TPSA) is 108 Å². The lowest BCUT2D eigenvalue weighted by Crippen LogP contribution is -2.37. The standard InChI is InChI=1S/C28H56NO8P/c1-6-8-10-12-13-14-15-17-18-20-27(30)34-24-26(37-28(31)21-19-16-11-9-7-2)25-36-38(32,33)35-23-22-29(3,4)5/h26H,6-25H2,1-5H3/p+1/t26-/m0/s1. The first kappa shape index (κ1) is 37.0. The molecule has 0 saturated heterocycles. The number of hydrogen-bond acceptors (Lipinski definition) is 7. The number of likely N-dealkylation sites (N-methyl/N-ethyl adjacent to an activating group) is 1. The second kappa shape index (κ2) is 22.8. The van der Waals surface area contributed by atoms with E-state index in [1.807, 2.05) is 21.1 Å². The molecule has 2 atom stereocenters. The summed E-state index contributed by atoms with van der Waals surface area (Å²) in [7, 11) is 1.48. The zero-order valence-corrected chi connectivity index (χ0v) is 25.8. The van der Waals surface area contributed by atoms with Crippen LogP contribution in [-0.4, -0.2) is 74.9 Å². The summed E-state index contributed by atoms with van der Waals surface area (Å²) in [5.74, 6) is -0.816. The lowest BCUT2D eigenvalue weighted by molar-refractivity contribution is -0.870. The highest BCUT2D eigenvalue weighted by molar-refractivity contribution is 7.47. The Hall–Kier alpha value is -0.990. The Morgan fingerprint density at radius 2 is 1.18 bits per heavy atom. The summed E-state index contributed by atoms with van der Waals surface area (Å²) < 4.78 is 33.7. The van der Waals surface area contributed by atoms with E-state index in [-0.39, 0.29) is 25.6 Å². The van der Waals surface area contributed by atoms with Crippen molar-refractivity contribution in [2.75, 3.05) is 47.5 Å². The number of hydrogen-bond donors (Lipinski definition) is 1. The lowest BCUT2D eigenvalue weighted by atomic mass is 10.1. The maximum Gasteiger partial charge on any atom is 0.472 e. The Labute approximate surface area is 232 Å². The molecule has 9 nitrogen and oxygen atoms in total. The third-order valence-corrected chi connectivity index (χ3v) is 7.12. The van der Waals surface area contributed by atoms with Gasteiger partial charge in [-0.1, -0.05) is 90.9 Å². The van der Waals surface area contributed by atoms with Gasteiger partial charge in [0.2, 0.25) is 0 Å². The SMILES string of the molecule is CCCCCCCCCCCC(=O)OC[C@@H](COP(=O)(O)OCC[N+](C)(C)C)OC(=O)CCCCCCC. The van der Waals surface area contributed by atoms with E-state index in [9.17, 15) is 19.0 Å². The molecule has 0 rings (SSSR count). The first-order valence-corrected chi connectivity index (χ1v) is 16.3. The van der Waals surface area contributed by atoms with Gasteiger partial charge in [0, 0.05) is 12.8 Å². The van der Waals surface area contributed by atoms with E-state index in [2.05, 4.69) is 13.8 Å². The average molecular weight is 567 g/mol. The fraction of sp³-hybridized carbons (Fsp3) is 0.929. The molecule has 0 spiro atoms. The summed E-state index contributed by atoms with van der Waals surface area (Å²) in [6.07, 6.45) is 14.9. The van der Waals surface area contributed by atoms with E-state index < -0.39 is 26.5 Å². The smallest absolute Gasteiger partial charge is 0.462 e. The van der Waals surface area contributed by atoms with Crippen molar-refractivity contribution in [3.63, 3.8) is 0 Å². The van der Waals surface area contributed by atoms with Gasteiger partial charge < -0.3 is 18.9 Å². The molecule has 0 aromatic heterocycles. The Morgan fingerprint density at radius 3 is 1.68 bits per heavy atom. The molecule has 1 unspecified atom stereocenters. The van der Waals surface area contributed by atoms with Crippen LogP contribution in [0.25, 0.3) is 0 Å². The van der Waals surface area contributed by atoms with Crippen LogP contribution in [0.2, 0.25) is 0 Å². The van der Waals surface area contributed by atoms with Crippen molar-refractivity contribution < 1.29 is 42.1 Å². The molecule has 226 valence electrons. The number of ether oxygens (including phenoxy) is 2. The van der Waals surface area contributed by atoms with Crippen LogP contribution in [0.5, 0.6) is 0 Å². The normalized spacial score (nSPS) is 14.2. The minimum atomic E-state index is -4.34. The fourth-order valence-corrected chi connectivity index (χ4v) is 4.46. The van der Waals surface area contributed by atoms with Gasteiger partial charge in [-0.3, -0.25) is 18.6 Å². The summed E-state index contributed by atoms with van der Waals surface area (Å²) in [4.78, 5) is 34.5. The number of phosphoric acid groups is 1. The van der Waals surface area contributed by atoms with Gasteiger partial charge in [-0.25, -0.2) is 4.57 Å². The van der Waals surface area contributed by atoms with Crippen LogP contribution >= 0.6 is 7.82 Å². The van der Waals surface area contributed by atoms with Crippen molar-refractivity contribution in [1.29, 1.82) is 0 Å². The van der Waals surface area contributed by atoms with E-state index in [0.717, 1.165) is 44.9 Å². The van der Waals surface area contributed by atoms with Crippen LogP contribution in [-0.2, 0) is 32.7 Å². The molecule has 38 heavy (non-hydrogen) atoms. The van der Waals surface area contributed by atoms with Gasteiger partial charge in [-0.2, -0.15) is 0 Å². The largest absolute Gasteiger partial charge is 0.472 e. The molecule has 0 saturated carbocycles. The molecule has 0 fully saturated rings. The quantitative estimate of drug-likeness (QED) is 0.0543. The Balaban J connectivity index is 4.51. The molecule has 10 heteroatoms. The van der Waals surface area contributed by atoms with Crippen molar-refractivity contribution in [2.45, 2.75) is 123 Å². The molecule has 0 aliphatic rings. The lowest BCUT2D eigenvalue weighted by Gasteiger charge is -2.24. The van der Waals surface area contributed by atoms with Gasteiger partial charge >= 0.3 is 19.8 Å². The van der Waals surface area contributed by atoms with Crippen LogP contribution < -0.4 is 0 Å². The number of carbonyl (C=O) groups is 2. The molecule has 0 radical (unpaired) electrons. The number of unbranched alkanes of at least 4 members (excludes halogenated alkanes) is 12. The molecule has 0 aromatic carbocycles. The number of carbonyl (C=O) groups excluding carboxylic acids is 2. The molecule has 0 aromatic rings. The van der Waals surface area contributed by atoms with Crippen LogP contribution in [0.1, 0.15) is 117 Å². The summed E-state index contributed by atoms with van der Waals surface area (Å²) in [5.41, 5.74) is 0. The average Bonchev–Trinajstić information content (AvgIpc) is 2.83. The van der Waals surface area contributed by atoms with Gasteiger partial charge in [-0.05, 0) is 12.8 Å². The highest BCUT2D eigenvalue weighted by Gasteiger charge is 2.27. The van der Waals surface area contributed by atoms with Crippen molar-refractivity contribution in [2.24, 2.45) is 0 Å². The maximum absolute atomic E-state index is 12.3. The second-order valence-electron chi connectivity index (χ2n) is 11.1. The molecule has 0 heterocycles. The number of phosphoric ester groups is 1. The minimum absolute atomic E-state index is 0.0349. The summed E-state index contributed by atoms with van der Waals surface area (Å²) in [5, 5.41) is 0. The van der Waals surface area contributed by atoms with E-state index >= 15 is 0 Å². The second-order valence-corrected chi connectivity index (χ2v) is 12.6. The van der Waals surface area contributed by atoms with Crippen molar-refractivity contribution >= 4 is 19.8 Å². The summed E-state index contributed by atoms with van der Waals surface area (Å²) in [6.45, 7) is 4.26. The predicted molar refractivity (Wildman–Crippen MR) is 151 cm³/mol. The van der Waals surface area contributed by atoms with Gasteiger partial charge in [0.25, 0.3) is 0 Å². The summed E-state index contributed by atoms with van der Waals surface area (Å²) in [6, 6.07) is 0.